The van der Waals surface area contributed by atoms with Gasteiger partial charge in [0.05, 0.1) is 11.6 Å². The summed E-state index contributed by atoms with van der Waals surface area (Å²) in [4.78, 5) is 26.7. The second-order valence-corrected chi connectivity index (χ2v) is 7.57. The molecule has 1 atom stereocenters. The molecule has 0 fully saturated rings. The van der Waals surface area contributed by atoms with Crippen LogP contribution in [-0.2, 0) is 9.59 Å². The molecule has 0 bridgehead atoms. The van der Waals surface area contributed by atoms with Gasteiger partial charge < -0.3 is 5.11 Å². The summed E-state index contributed by atoms with van der Waals surface area (Å²) >= 11 is 0. The van der Waals surface area contributed by atoms with Crippen LogP contribution >= 0.6 is 0 Å². The molecule has 0 aromatic heterocycles. The quantitative estimate of drug-likeness (QED) is 0.834. The van der Waals surface area contributed by atoms with Crippen LogP contribution in [0.3, 0.4) is 0 Å². The van der Waals surface area contributed by atoms with Gasteiger partial charge in [-0.05, 0) is 29.8 Å². The van der Waals surface area contributed by atoms with E-state index in [1.807, 2.05) is 0 Å². The first-order valence-corrected chi connectivity index (χ1v) is 8.54. The molecule has 1 heterocycles. The van der Waals surface area contributed by atoms with Crippen molar-refractivity contribution in [3.8, 4) is 0 Å². The van der Waals surface area contributed by atoms with Gasteiger partial charge in [0.25, 0.3) is 5.91 Å². The second kappa shape index (κ2) is 6.82. The molecule has 4 nitrogen and oxygen atoms in total. The first kappa shape index (κ1) is 19.7. The molecular weight excluding hydrogens is 371 g/mol. The maximum Gasteiger partial charge on any atom is 0.294 e. The average molecular weight is 389 g/mol. The van der Waals surface area contributed by atoms with Gasteiger partial charge in [-0.2, -0.15) is 0 Å². The third-order valence-electron chi connectivity index (χ3n) is 4.50. The summed E-state index contributed by atoms with van der Waals surface area (Å²) in [5.74, 6) is -4.98. The largest absolute Gasteiger partial charge is 0.503 e. The van der Waals surface area contributed by atoms with Gasteiger partial charge in [0.1, 0.15) is 5.82 Å². The van der Waals surface area contributed by atoms with Gasteiger partial charge in [0.2, 0.25) is 0 Å². The molecule has 1 amide bonds. The van der Waals surface area contributed by atoms with Gasteiger partial charge in [0, 0.05) is 17.2 Å². The number of carbonyl (C=O) groups is 2. The molecule has 1 aliphatic rings. The molecule has 1 N–H and O–H groups in total. The van der Waals surface area contributed by atoms with Crippen LogP contribution in [-0.4, -0.2) is 16.8 Å². The van der Waals surface area contributed by atoms with Crippen molar-refractivity contribution in [2.24, 2.45) is 5.41 Å². The van der Waals surface area contributed by atoms with Crippen molar-refractivity contribution in [1.29, 1.82) is 0 Å². The zero-order chi connectivity index (χ0) is 20.8. The summed E-state index contributed by atoms with van der Waals surface area (Å²) in [6.07, 6.45) is 0. The number of benzene rings is 2. The molecule has 0 radical (unpaired) electrons. The zero-order valence-electron chi connectivity index (χ0n) is 15.5. The van der Waals surface area contributed by atoms with Crippen LogP contribution in [0.4, 0.5) is 18.9 Å². The monoisotopic (exact) mass is 389 g/mol. The van der Waals surface area contributed by atoms with Crippen molar-refractivity contribution < 1.29 is 27.9 Å². The summed E-state index contributed by atoms with van der Waals surface area (Å²) in [6, 6.07) is 6.76. The molecule has 0 saturated carbocycles. The van der Waals surface area contributed by atoms with Crippen molar-refractivity contribution in [3.05, 3.63) is 76.8 Å². The van der Waals surface area contributed by atoms with Crippen molar-refractivity contribution in [2.45, 2.75) is 26.8 Å². The summed E-state index contributed by atoms with van der Waals surface area (Å²) < 4.78 is 40.5. The van der Waals surface area contributed by atoms with Crippen LogP contribution in [0.25, 0.3) is 0 Å². The Balaban J connectivity index is 2.22. The Morgan fingerprint density at radius 1 is 1.00 bits per heavy atom. The number of hydrogen-bond donors (Lipinski definition) is 1. The van der Waals surface area contributed by atoms with Crippen LogP contribution in [0.1, 0.15) is 32.4 Å². The Bertz CT molecular complexity index is 991. The van der Waals surface area contributed by atoms with E-state index in [9.17, 15) is 27.9 Å². The van der Waals surface area contributed by atoms with Crippen LogP contribution in [0.2, 0.25) is 0 Å². The minimum absolute atomic E-state index is 0.0403. The number of amides is 1. The number of ketones is 1. The first-order chi connectivity index (χ1) is 13.0. The fourth-order valence-electron chi connectivity index (χ4n) is 3.10. The second-order valence-electron chi connectivity index (χ2n) is 7.57. The highest BCUT2D eigenvalue weighted by Crippen LogP contribution is 2.43. The predicted molar refractivity (Wildman–Crippen MR) is 97.1 cm³/mol. The normalized spacial score (nSPS) is 17.4. The van der Waals surface area contributed by atoms with E-state index in [1.54, 1.807) is 20.8 Å². The standard InChI is InChI=1S/C21H18F3NO3/c1-21(2,3)19(27)16-17(11-4-6-12(22)7-5-11)25(20(28)18(16)26)13-8-9-14(23)15(24)10-13/h4-10,17,26H,1-3H3. The Hall–Kier alpha value is -3.09. The predicted octanol–water partition coefficient (Wildman–Crippen LogP) is 4.62. The molecule has 2 aromatic rings. The summed E-state index contributed by atoms with van der Waals surface area (Å²) in [7, 11) is 0. The van der Waals surface area contributed by atoms with Gasteiger partial charge in [-0.3, -0.25) is 14.5 Å². The topological polar surface area (TPSA) is 57.6 Å². The summed E-state index contributed by atoms with van der Waals surface area (Å²) in [6.45, 7) is 4.88. The van der Waals surface area contributed by atoms with E-state index in [4.69, 9.17) is 0 Å². The number of aliphatic hydroxyl groups is 1. The molecule has 28 heavy (non-hydrogen) atoms. The fourth-order valence-corrected chi connectivity index (χ4v) is 3.10. The lowest BCUT2D eigenvalue weighted by Gasteiger charge is -2.29. The third-order valence-corrected chi connectivity index (χ3v) is 4.50. The van der Waals surface area contributed by atoms with E-state index < -0.39 is 46.4 Å². The van der Waals surface area contributed by atoms with Crippen molar-refractivity contribution >= 4 is 17.4 Å². The number of rotatable bonds is 3. The molecule has 0 aliphatic carbocycles. The minimum atomic E-state index is -1.18. The highest BCUT2D eigenvalue weighted by Gasteiger charge is 2.46. The average Bonchev–Trinajstić information content (AvgIpc) is 2.88. The van der Waals surface area contributed by atoms with Crippen LogP contribution in [0.15, 0.2) is 53.8 Å². The summed E-state index contributed by atoms with van der Waals surface area (Å²) in [5.41, 5.74) is -0.794. The highest BCUT2D eigenvalue weighted by molar-refractivity contribution is 6.17. The Kier molecular flexibility index (Phi) is 4.79. The first-order valence-electron chi connectivity index (χ1n) is 8.54. The molecule has 1 unspecified atom stereocenters. The van der Waals surface area contributed by atoms with Gasteiger partial charge in [0.15, 0.2) is 23.2 Å². The van der Waals surface area contributed by atoms with Crippen LogP contribution in [0.5, 0.6) is 0 Å². The minimum Gasteiger partial charge on any atom is -0.503 e. The molecule has 2 aromatic carbocycles. The smallest absolute Gasteiger partial charge is 0.294 e. The molecule has 0 spiro atoms. The molecular formula is C21H18F3NO3. The zero-order valence-corrected chi connectivity index (χ0v) is 15.5. The van der Waals surface area contributed by atoms with E-state index in [-0.39, 0.29) is 11.3 Å². The number of nitrogens with zero attached hydrogens (tertiary/aromatic N) is 1. The molecule has 3 rings (SSSR count). The van der Waals surface area contributed by atoms with Crippen molar-refractivity contribution in [1.82, 2.24) is 0 Å². The maximum absolute atomic E-state index is 13.8. The van der Waals surface area contributed by atoms with Gasteiger partial charge in [-0.15, -0.1) is 0 Å². The lowest BCUT2D eigenvalue weighted by atomic mass is 9.82. The van der Waals surface area contributed by atoms with Gasteiger partial charge >= 0.3 is 0 Å². The molecule has 146 valence electrons. The van der Waals surface area contributed by atoms with E-state index >= 15 is 0 Å². The number of anilines is 1. The molecule has 1 aliphatic heterocycles. The molecule has 7 heteroatoms. The maximum atomic E-state index is 13.8. The van der Waals surface area contributed by atoms with E-state index in [0.717, 1.165) is 29.2 Å². The SMILES string of the molecule is CC(C)(C)C(=O)C1=C(O)C(=O)N(c2ccc(F)c(F)c2)C1c1ccc(F)cc1. The number of halogens is 3. The van der Waals surface area contributed by atoms with Crippen molar-refractivity contribution in [3.63, 3.8) is 0 Å². The fraction of sp³-hybridized carbons (Fsp3) is 0.238. The Labute approximate surface area is 159 Å². The Morgan fingerprint density at radius 3 is 2.14 bits per heavy atom. The van der Waals surface area contributed by atoms with Crippen molar-refractivity contribution in [2.75, 3.05) is 4.90 Å². The van der Waals surface area contributed by atoms with Gasteiger partial charge in [-0.1, -0.05) is 32.9 Å². The van der Waals surface area contributed by atoms with E-state index in [1.165, 1.54) is 18.2 Å². The third kappa shape index (κ3) is 3.28. The lowest BCUT2D eigenvalue weighted by molar-refractivity contribution is -0.123. The lowest BCUT2D eigenvalue weighted by Crippen LogP contribution is -2.33. The highest BCUT2D eigenvalue weighted by atomic mass is 19.2. The number of Topliss-reactive ketones (excluding diaryl/α,β-unsaturated/α-hetero) is 1. The number of carbonyl (C=O) groups excluding carboxylic acids is 2. The number of aliphatic hydroxyl groups excluding tert-OH is 1. The van der Waals surface area contributed by atoms with Gasteiger partial charge in [-0.25, -0.2) is 13.2 Å². The van der Waals surface area contributed by atoms with Crippen LogP contribution in [0, 0.1) is 22.9 Å². The Morgan fingerprint density at radius 2 is 1.61 bits per heavy atom. The number of hydrogen-bond acceptors (Lipinski definition) is 3. The van der Waals surface area contributed by atoms with Crippen LogP contribution < -0.4 is 4.90 Å². The van der Waals surface area contributed by atoms with E-state index in [2.05, 4.69) is 0 Å². The van der Waals surface area contributed by atoms with E-state index in [0.29, 0.717) is 5.56 Å². The summed E-state index contributed by atoms with van der Waals surface area (Å²) in [5, 5.41) is 10.5. The molecule has 0 saturated heterocycles.